The highest BCUT2D eigenvalue weighted by atomic mass is 35.5. The molecule has 0 radical (unpaired) electrons. The quantitative estimate of drug-likeness (QED) is 0.793. The lowest BCUT2D eigenvalue weighted by molar-refractivity contribution is 0.477. The fourth-order valence-corrected chi connectivity index (χ4v) is 1.62. The van der Waals surface area contributed by atoms with Crippen molar-refractivity contribution in [3.05, 3.63) is 59.1 Å². The molecule has 2 N–H and O–H groups in total. The molecule has 0 spiro atoms. The van der Waals surface area contributed by atoms with Gasteiger partial charge in [0, 0.05) is 11.6 Å². The van der Waals surface area contributed by atoms with E-state index in [4.69, 9.17) is 11.6 Å². The predicted molar refractivity (Wildman–Crippen MR) is 66.9 cm³/mol. The van der Waals surface area contributed by atoms with Gasteiger partial charge in [-0.15, -0.1) is 0 Å². The monoisotopic (exact) mass is 233 g/mol. The summed E-state index contributed by atoms with van der Waals surface area (Å²) >= 11 is 5.85. The molecule has 0 amide bonds. The van der Waals surface area contributed by atoms with Gasteiger partial charge in [-0.3, -0.25) is 0 Å². The summed E-state index contributed by atoms with van der Waals surface area (Å²) < 4.78 is 0. The zero-order chi connectivity index (χ0) is 11.4. The van der Waals surface area contributed by atoms with Gasteiger partial charge in [-0.25, -0.2) is 0 Å². The highest BCUT2D eigenvalue weighted by Gasteiger charge is 2.01. The number of hydrogen-bond acceptors (Lipinski definition) is 2. The third kappa shape index (κ3) is 2.67. The Balaban J connectivity index is 2.08. The maximum Gasteiger partial charge on any atom is 0.138 e. The Morgan fingerprint density at radius 1 is 1.06 bits per heavy atom. The summed E-state index contributed by atoms with van der Waals surface area (Å²) in [6, 6.07) is 14.9. The summed E-state index contributed by atoms with van der Waals surface area (Å²) in [4.78, 5) is 0. The van der Waals surface area contributed by atoms with E-state index < -0.39 is 0 Å². The van der Waals surface area contributed by atoms with Gasteiger partial charge >= 0.3 is 0 Å². The molecule has 16 heavy (non-hydrogen) atoms. The van der Waals surface area contributed by atoms with Crippen LogP contribution in [0.15, 0.2) is 48.5 Å². The highest BCUT2D eigenvalue weighted by molar-refractivity contribution is 6.30. The maximum absolute atomic E-state index is 9.59. The van der Waals surface area contributed by atoms with Gasteiger partial charge in [0.05, 0.1) is 5.69 Å². The van der Waals surface area contributed by atoms with Crippen LogP contribution in [-0.2, 0) is 6.54 Å². The summed E-state index contributed by atoms with van der Waals surface area (Å²) in [6.07, 6.45) is 0. The smallest absolute Gasteiger partial charge is 0.138 e. The first kappa shape index (κ1) is 10.8. The molecule has 0 fully saturated rings. The molecule has 0 heterocycles. The molecule has 2 rings (SSSR count). The topological polar surface area (TPSA) is 32.3 Å². The SMILES string of the molecule is Oc1ccc(Cl)cc1NCc1ccccc1. The van der Waals surface area contributed by atoms with E-state index in [1.165, 1.54) is 0 Å². The molecule has 82 valence electrons. The van der Waals surface area contributed by atoms with Crippen LogP contribution in [0.5, 0.6) is 5.75 Å². The van der Waals surface area contributed by atoms with Crippen molar-refractivity contribution in [2.75, 3.05) is 5.32 Å². The van der Waals surface area contributed by atoms with Gasteiger partial charge in [-0.05, 0) is 23.8 Å². The van der Waals surface area contributed by atoms with Crippen LogP contribution in [0, 0.1) is 0 Å². The van der Waals surface area contributed by atoms with Crippen LogP contribution in [0.3, 0.4) is 0 Å². The number of rotatable bonds is 3. The lowest BCUT2D eigenvalue weighted by Gasteiger charge is -2.08. The van der Waals surface area contributed by atoms with Crippen molar-refractivity contribution >= 4 is 17.3 Å². The zero-order valence-corrected chi connectivity index (χ0v) is 9.41. The van der Waals surface area contributed by atoms with Gasteiger partial charge in [0.25, 0.3) is 0 Å². The number of phenolic OH excluding ortho intramolecular Hbond substituents is 1. The summed E-state index contributed by atoms with van der Waals surface area (Å²) in [6.45, 7) is 0.661. The van der Waals surface area contributed by atoms with Crippen LogP contribution < -0.4 is 5.32 Å². The molecular weight excluding hydrogens is 222 g/mol. The second-order valence-electron chi connectivity index (χ2n) is 3.50. The Morgan fingerprint density at radius 2 is 1.81 bits per heavy atom. The Labute approximate surface area is 99.5 Å². The van der Waals surface area contributed by atoms with E-state index in [2.05, 4.69) is 5.32 Å². The lowest BCUT2D eigenvalue weighted by Crippen LogP contribution is -1.99. The van der Waals surface area contributed by atoms with Gasteiger partial charge in [0.2, 0.25) is 0 Å². The van der Waals surface area contributed by atoms with E-state index in [9.17, 15) is 5.11 Å². The minimum Gasteiger partial charge on any atom is -0.506 e. The summed E-state index contributed by atoms with van der Waals surface area (Å²) in [5.41, 5.74) is 1.80. The largest absolute Gasteiger partial charge is 0.506 e. The van der Waals surface area contributed by atoms with Gasteiger partial charge < -0.3 is 10.4 Å². The van der Waals surface area contributed by atoms with Crippen molar-refractivity contribution in [1.29, 1.82) is 0 Å². The molecule has 0 aliphatic heterocycles. The Kier molecular flexibility index (Phi) is 3.32. The first-order chi connectivity index (χ1) is 7.75. The molecule has 0 aromatic heterocycles. The minimum absolute atomic E-state index is 0.209. The van der Waals surface area contributed by atoms with Crippen LogP contribution >= 0.6 is 11.6 Å². The molecule has 0 aliphatic carbocycles. The van der Waals surface area contributed by atoms with Gasteiger partial charge in [0.1, 0.15) is 5.75 Å². The van der Waals surface area contributed by atoms with Crippen molar-refractivity contribution in [3.8, 4) is 5.75 Å². The van der Waals surface area contributed by atoms with Crippen molar-refractivity contribution in [1.82, 2.24) is 0 Å². The van der Waals surface area contributed by atoms with Crippen molar-refractivity contribution < 1.29 is 5.11 Å². The fourth-order valence-electron chi connectivity index (χ4n) is 1.44. The fraction of sp³-hybridized carbons (Fsp3) is 0.0769. The van der Waals surface area contributed by atoms with E-state index >= 15 is 0 Å². The lowest BCUT2D eigenvalue weighted by atomic mass is 10.2. The average molecular weight is 234 g/mol. The van der Waals surface area contributed by atoms with E-state index in [1.807, 2.05) is 30.3 Å². The zero-order valence-electron chi connectivity index (χ0n) is 8.65. The standard InChI is InChI=1S/C13H12ClNO/c14-11-6-7-13(16)12(8-11)15-9-10-4-2-1-3-5-10/h1-8,15-16H,9H2. The van der Waals surface area contributed by atoms with Crippen molar-refractivity contribution in [2.24, 2.45) is 0 Å². The first-order valence-corrected chi connectivity index (χ1v) is 5.40. The van der Waals surface area contributed by atoms with Crippen molar-refractivity contribution in [2.45, 2.75) is 6.54 Å². The van der Waals surface area contributed by atoms with Gasteiger partial charge in [0.15, 0.2) is 0 Å². The number of nitrogens with one attached hydrogen (secondary N) is 1. The molecule has 0 atom stereocenters. The van der Waals surface area contributed by atoms with E-state index in [0.29, 0.717) is 17.3 Å². The van der Waals surface area contributed by atoms with Crippen LogP contribution in [-0.4, -0.2) is 5.11 Å². The summed E-state index contributed by atoms with van der Waals surface area (Å²) in [5, 5.41) is 13.3. The molecular formula is C13H12ClNO. The number of phenols is 1. The molecule has 0 unspecified atom stereocenters. The number of benzene rings is 2. The van der Waals surface area contributed by atoms with Crippen LogP contribution in [0.2, 0.25) is 5.02 Å². The summed E-state index contributed by atoms with van der Waals surface area (Å²) in [7, 11) is 0. The van der Waals surface area contributed by atoms with E-state index in [1.54, 1.807) is 18.2 Å². The number of aromatic hydroxyl groups is 1. The Morgan fingerprint density at radius 3 is 2.56 bits per heavy atom. The normalized spacial score (nSPS) is 10.1. The molecule has 0 saturated heterocycles. The molecule has 0 saturated carbocycles. The van der Waals surface area contributed by atoms with Gasteiger partial charge in [-0.1, -0.05) is 41.9 Å². The number of anilines is 1. The highest BCUT2D eigenvalue weighted by Crippen LogP contribution is 2.26. The third-order valence-corrected chi connectivity index (χ3v) is 2.52. The number of hydrogen-bond donors (Lipinski definition) is 2. The predicted octanol–water partition coefficient (Wildman–Crippen LogP) is 3.66. The maximum atomic E-state index is 9.59. The first-order valence-electron chi connectivity index (χ1n) is 5.02. The van der Waals surface area contributed by atoms with E-state index in [-0.39, 0.29) is 5.75 Å². The molecule has 3 heteroatoms. The molecule has 2 aromatic carbocycles. The average Bonchev–Trinajstić information content (AvgIpc) is 2.32. The minimum atomic E-state index is 0.209. The second kappa shape index (κ2) is 4.90. The summed E-state index contributed by atoms with van der Waals surface area (Å²) in [5.74, 6) is 0.209. The number of halogens is 1. The molecule has 0 bridgehead atoms. The molecule has 2 aromatic rings. The van der Waals surface area contributed by atoms with Crippen molar-refractivity contribution in [3.63, 3.8) is 0 Å². The Bertz CT molecular complexity index is 471. The Hall–Kier alpha value is -1.67. The van der Waals surface area contributed by atoms with Crippen LogP contribution in [0.1, 0.15) is 5.56 Å². The molecule has 2 nitrogen and oxygen atoms in total. The second-order valence-corrected chi connectivity index (χ2v) is 3.94. The third-order valence-electron chi connectivity index (χ3n) is 2.28. The van der Waals surface area contributed by atoms with Crippen LogP contribution in [0.25, 0.3) is 0 Å². The van der Waals surface area contributed by atoms with Crippen LogP contribution in [0.4, 0.5) is 5.69 Å². The molecule has 0 aliphatic rings. The van der Waals surface area contributed by atoms with E-state index in [0.717, 1.165) is 5.56 Å². The van der Waals surface area contributed by atoms with Gasteiger partial charge in [-0.2, -0.15) is 0 Å².